The molecule has 1 atom stereocenters. The molecular formula is C24H45NO2. The van der Waals surface area contributed by atoms with Crippen LogP contribution in [0.1, 0.15) is 104 Å². The number of carbonyl (C=O) groups is 1. The Morgan fingerprint density at radius 1 is 0.852 bits per heavy atom. The van der Waals surface area contributed by atoms with Crippen molar-refractivity contribution in [3.05, 3.63) is 24.3 Å². The van der Waals surface area contributed by atoms with Gasteiger partial charge in [-0.1, -0.05) is 83.6 Å². The Morgan fingerprint density at radius 3 is 1.96 bits per heavy atom. The largest absolute Gasteiger partial charge is 0.480 e. The molecule has 0 saturated carbocycles. The molecule has 0 rings (SSSR count). The predicted octanol–water partition coefficient (Wildman–Crippen LogP) is 6.89. The number of carboxylic acid groups (broad SMARTS) is 1. The monoisotopic (exact) mass is 379 g/mol. The maximum atomic E-state index is 11.2. The molecule has 0 aliphatic carbocycles. The third-order valence-electron chi connectivity index (χ3n) is 4.77. The van der Waals surface area contributed by atoms with Crippen molar-refractivity contribution in [2.24, 2.45) is 5.92 Å². The van der Waals surface area contributed by atoms with Crippen LogP contribution in [0.3, 0.4) is 0 Å². The summed E-state index contributed by atoms with van der Waals surface area (Å²) in [6.07, 6.45) is 24.8. The van der Waals surface area contributed by atoms with Crippen molar-refractivity contribution in [3.63, 3.8) is 0 Å². The van der Waals surface area contributed by atoms with Gasteiger partial charge in [0.05, 0.1) is 0 Å². The van der Waals surface area contributed by atoms with Crippen LogP contribution < -0.4 is 5.32 Å². The molecule has 3 heteroatoms. The first-order valence-electron chi connectivity index (χ1n) is 11.3. The van der Waals surface area contributed by atoms with Gasteiger partial charge in [-0.2, -0.15) is 0 Å². The van der Waals surface area contributed by atoms with E-state index in [1.807, 2.05) is 0 Å². The second-order valence-corrected chi connectivity index (χ2v) is 8.06. The summed E-state index contributed by atoms with van der Waals surface area (Å²) in [7, 11) is 0. The van der Waals surface area contributed by atoms with Gasteiger partial charge in [-0.3, -0.25) is 4.79 Å². The maximum Gasteiger partial charge on any atom is 0.320 e. The van der Waals surface area contributed by atoms with Crippen LogP contribution in [0.5, 0.6) is 0 Å². The first-order valence-corrected chi connectivity index (χ1v) is 11.3. The van der Waals surface area contributed by atoms with E-state index in [4.69, 9.17) is 0 Å². The molecule has 0 spiro atoms. The summed E-state index contributed by atoms with van der Waals surface area (Å²) in [6.45, 7) is 7.20. The molecule has 0 bridgehead atoms. The zero-order valence-corrected chi connectivity index (χ0v) is 18.2. The number of carboxylic acids is 1. The van der Waals surface area contributed by atoms with E-state index in [0.29, 0.717) is 12.3 Å². The van der Waals surface area contributed by atoms with Gasteiger partial charge in [-0.05, 0) is 57.4 Å². The lowest BCUT2D eigenvalue weighted by Crippen LogP contribution is -2.38. The van der Waals surface area contributed by atoms with E-state index in [1.165, 1.54) is 64.2 Å². The predicted molar refractivity (Wildman–Crippen MR) is 118 cm³/mol. The lowest BCUT2D eigenvalue weighted by Gasteiger charge is -2.16. The molecule has 3 nitrogen and oxygen atoms in total. The van der Waals surface area contributed by atoms with Crippen LogP contribution in [-0.4, -0.2) is 23.7 Å². The first kappa shape index (κ1) is 25.9. The first-order chi connectivity index (χ1) is 13.1. The summed E-state index contributed by atoms with van der Waals surface area (Å²) in [5.74, 6) is -0.307. The van der Waals surface area contributed by atoms with Crippen molar-refractivity contribution >= 4 is 5.97 Å². The van der Waals surface area contributed by atoms with Crippen LogP contribution in [0.4, 0.5) is 0 Å². The molecule has 0 aromatic heterocycles. The third kappa shape index (κ3) is 19.5. The molecule has 0 radical (unpaired) electrons. The summed E-state index contributed by atoms with van der Waals surface area (Å²) in [5.41, 5.74) is 0. The average molecular weight is 380 g/mol. The summed E-state index contributed by atoms with van der Waals surface area (Å²) in [4.78, 5) is 11.2. The quantitative estimate of drug-likeness (QED) is 0.190. The van der Waals surface area contributed by atoms with E-state index in [2.05, 4.69) is 50.4 Å². The van der Waals surface area contributed by atoms with Gasteiger partial charge in [0.25, 0.3) is 0 Å². The molecule has 158 valence electrons. The van der Waals surface area contributed by atoms with Crippen LogP contribution in [-0.2, 0) is 4.79 Å². The molecule has 27 heavy (non-hydrogen) atoms. The lowest BCUT2D eigenvalue weighted by molar-refractivity contribution is -0.139. The van der Waals surface area contributed by atoms with Crippen molar-refractivity contribution in [1.82, 2.24) is 5.32 Å². The number of unbranched alkanes of at least 4 members (excludes halogenated alkanes) is 9. The van der Waals surface area contributed by atoms with E-state index < -0.39 is 5.97 Å². The van der Waals surface area contributed by atoms with Crippen molar-refractivity contribution in [3.8, 4) is 0 Å². The van der Waals surface area contributed by atoms with Gasteiger partial charge >= 0.3 is 5.97 Å². The fraction of sp³-hybridized carbons (Fsp3) is 0.792. The average Bonchev–Trinajstić information content (AvgIpc) is 2.62. The Balaban J connectivity index is 3.39. The number of hydrogen-bond donors (Lipinski definition) is 2. The van der Waals surface area contributed by atoms with Gasteiger partial charge < -0.3 is 10.4 Å². The zero-order chi connectivity index (χ0) is 20.2. The Kier molecular flexibility index (Phi) is 18.9. The van der Waals surface area contributed by atoms with Crippen molar-refractivity contribution < 1.29 is 9.90 Å². The third-order valence-corrected chi connectivity index (χ3v) is 4.77. The SMILES string of the molecule is CCCCCC=CCC=CCCCCCCCCN[C@@H](CC(C)C)C(=O)O. The smallest absolute Gasteiger partial charge is 0.320 e. The number of aliphatic carboxylic acids is 1. The van der Waals surface area contributed by atoms with Gasteiger partial charge in [0, 0.05) is 0 Å². The second kappa shape index (κ2) is 19.7. The molecule has 0 aliphatic heterocycles. The number of hydrogen-bond acceptors (Lipinski definition) is 2. The zero-order valence-electron chi connectivity index (χ0n) is 18.2. The van der Waals surface area contributed by atoms with Gasteiger partial charge in [0.1, 0.15) is 6.04 Å². The van der Waals surface area contributed by atoms with E-state index in [9.17, 15) is 9.90 Å². The lowest BCUT2D eigenvalue weighted by atomic mass is 10.0. The minimum absolute atomic E-state index is 0.386. The Bertz CT molecular complexity index is 388. The van der Waals surface area contributed by atoms with Crippen LogP contribution in [0.2, 0.25) is 0 Å². The standard InChI is InChI=1S/C24H45NO2/c1-4-5-6-7-8-9-10-11-12-13-14-15-16-17-18-19-20-25-23(24(26)27)21-22(2)3/h8-9,11-12,22-23,25H,4-7,10,13-21H2,1-3H3,(H,26,27)/t23-/m0/s1. The van der Waals surface area contributed by atoms with Crippen LogP contribution in [0.25, 0.3) is 0 Å². The summed E-state index contributed by atoms with van der Waals surface area (Å²) < 4.78 is 0. The molecule has 0 unspecified atom stereocenters. The van der Waals surface area contributed by atoms with Crippen LogP contribution >= 0.6 is 0 Å². The molecule has 0 aromatic carbocycles. The Morgan fingerprint density at radius 2 is 1.41 bits per heavy atom. The van der Waals surface area contributed by atoms with Gasteiger partial charge in [0.15, 0.2) is 0 Å². The summed E-state index contributed by atoms with van der Waals surface area (Å²) in [6, 6.07) is -0.386. The highest BCUT2D eigenvalue weighted by Crippen LogP contribution is 2.09. The molecule has 0 heterocycles. The maximum absolute atomic E-state index is 11.2. The number of rotatable bonds is 19. The van der Waals surface area contributed by atoms with Crippen molar-refractivity contribution in [1.29, 1.82) is 0 Å². The molecular weight excluding hydrogens is 334 g/mol. The number of nitrogens with one attached hydrogen (secondary N) is 1. The minimum Gasteiger partial charge on any atom is -0.480 e. The second-order valence-electron chi connectivity index (χ2n) is 8.06. The van der Waals surface area contributed by atoms with E-state index in [1.54, 1.807) is 0 Å². The summed E-state index contributed by atoms with van der Waals surface area (Å²) >= 11 is 0. The fourth-order valence-corrected chi connectivity index (χ4v) is 3.13. The van der Waals surface area contributed by atoms with Gasteiger partial charge in [0.2, 0.25) is 0 Å². The molecule has 0 saturated heterocycles. The molecule has 0 amide bonds. The van der Waals surface area contributed by atoms with E-state index in [0.717, 1.165) is 19.4 Å². The minimum atomic E-state index is -0.719. The Labute approximate surface area is 168 Å². The van der Waals surface area contributed by atoms with Crippen molar-refractivity contribution in [2.45, 2.75) is 110 Å². The normalized spacial score (nSPS) is 13.2. The van der Waals surface area contributed by atoms with Gasteiger partial charge in [-0.25, -0.2) is 0 Å². The molecule has 0 aliphatic rings. The van der Waals surface area contributed by atoms with E-state index >= 15 is 0 Å². The number of allylic oxidation sites excluding steroid dienone is 4. The molecule has 2 N–H and O–H groups in total. The highest BCUT2D eigenvalue weighted by molar-refractivity contribution is 5.73. The van der Waals surface area contributed by atoms with Crippen LogP contribution in [0.15, 0.2) is 24.3 Å². The van der Waals surface area contributed by atoms with E-state index in [-0.39, 0.29) is 6.04 Å². The summed E-state index contributed by atoms with van der Waals surface area (Å²) in [5, 5.41) is 12.4. The van der Waals surface area contributed by atoms with Crippen molar-refractivity contribution in [2.75, 3.05) is 6.54 Å². The molecule has 0 aromatic rings. The highest BCUT2D eigenvalue weighted by Gasteiger charge is 2.17. The van der Waals surface area contributed by atoms with Gasteiger partial charge in [-0.15, -0.1) is 0 Å². The van der Waals surface area contributed by atoms with Crippen LogP contribution in [0, 0.1) is 5.92 Å². The topological polar surface area (TPSA) is 49.3 Å². The molecule has 0 fully saturated rings. The highest BCUT2D eigenvalue weighted by atomic mass is 16.4. The fourth-order valence-electron chi connectivity index (χ4n) is 3.13. The Hall–Kier alpha value is -1.09.